The number of carbonyl (C=O) groups is 1. The van der Waals surface area contributed by atoms with Crippen molar-refractivity contribution < 1.29 is 18.7 Å². The van der Waals surface area contributed by atoms with Crippen molar-refractivity contribution in [3.05, 3.63) is 71.1 Å². The van der Waals surface area contributed by atoms with Gasteiger partial charge in [-0.05, 0) is 57.5 Å². The number of oxazole rings is 1. The lowest BCUT2D eigenvalue weighted by Crippen LogP contribution is -2.34. The first-order chi connectivity index (χ1) is 14.5. The second-order valence-corrected chi connectivity index (χ2v) is 7.18. The van der Waals surface area contributed by atoms with Crippen molar-refractivity contribution >= 4 is 5.97 Å². The van der Waals surface area contributed by atoms with Crippen molar-refractivity contribution in [3.63, 3.8) is 0 Å². The molecule has 0 aliphatic heterocycles. The average molecular weight is 408 g/mol. The highest BCUT2D eigenvalue weighted by Gasteiger charge is 2.14. The molecule has 3 aromatic rings. The molecular weight excluding hydrogens is 380 g/mol. The second-order valence-electron chi connectivity index (χ2n) is 7.18. The fourth-order valence-electron chi connectivity index (χ4n) is 2.90. The minimum Gasteiger partial charge on any atom is -0.487 e. The number of aryl methyl sites for hydroxylation is 2. The van der Waals surface area contributed by atoms with Gasteiger partial charge in [0.1, 0.15) is 29.9 Å². The third kappa shape index (κ3) is 5.70. The van der Waals surface area contributed by atoms with Crippen molar-refractivity contribution in [2.75, 3.05) is 6.61 Å². The summed E-state index contributed by atoms with van der Waals surface area (Å²) >= 11 is 0. The Balaban J connectivity index is 1.59. The van der Waals surface area contributed by atoms with Gasteiger partial charge in [0.25, 0.3) is 0 Å². The number of aromatic nitrogens is 1. The zero-order valence-electron chi connectivity index (χ0n) is 17.9. The average Bonchev–Trinajstić information content (AvgIpc) is 3.12. The zero-order chi connectivity index (χ0) is 21.5. The molecule has 0 saturated heterocycles. The fourth-order valence-corrected chi connectivity index (χ4v) is 2.90. The molecule has 158 valence electrons. The molecule has 0 amide bonds. The summed E-state index contributed by atoms with van der Waals surface area (Å²) in [5.41, 5.74) is 3.92. The van der Waals surface area contributed by atoms with E-state index in [1.54, 1.807) is 13.8 Å². The lowest BCUT2D eigenvalue weighted by atomic mass is 10.1. The highest BCUT2D eigenvalue weighted by Crippen LogP contribution is 2.23. The number of rotatable bonds is 9. The van der Waals surface area contributed by atoms with Crippen LogP contribution in [0.3, 0.4) is 0 Å². The summed E-state index contributed by atoms with van der Waals surface area (Å²) in [6, 6.07) is 15.4. The van der Waals surface area contributed by atoms with Crippen molar-refractivity contribution in [2.24, 2.45) is 0 Å². The maximum atomic E-state index is 11.7. The number of nitrogens with zero attached hydrogens (tertiary/aromatic N) is 1. The minimum atomic E-state index is -0.368. The van der Waals surface area contributed by atoms with Crippen LogP contribution in [0.1, 0.15) is 36.4 Å². The van der Waals surface area contributed by atoms with Gasteiger partial charge in [0.2, 0.25) is 5.89 Å². The first-order valence-electron chi connectivity index (χ1n) is 10.1. The molecule has 0 saturated carbocycles. The Bertz CT molecular complexity index is 979. The molecule has 30 heavy (non-hydrogen) atoms. The van der Waals surface area contributed by atoms with Crippen LogP contribution in [0, 0.1) is 13.8 Å². The van der Waals surface area contributed by atoms with E-state index < -0.39 is 0 Å². The van der Waals surface area contributed by atoms with E-state index in [1.807, 2.05) is 62.4 Å². The van der Waals surface area contributed by atoms with Crippen molar-refractivity contribution in [1.82, 2.24) is 10.3 Å². The van der Waals surface area contributed by atoms with Crippen LogP contribution in [0.25, 0.3) is 11.5 Å². The van der Waals surface area contributed by atoms with Crippen LogP contribution in [-0.2, 0) is 22.7 Å². The van der Waals surface area contributed by atoms with Gasteiger partial charge in [-0.1, -0.05) is 29.8 Å². The Morgan fingerprint density at radius 2 is 1.93 bits per heavy atom. The molecule has 1 N–H and O–H groups in total. The lowest BCUT2D eigenvalue weighted by Gasteiger charge is -2.13. The van der Waals surface area contributed by atoms with E-state index in [1.165, 1.54) is 5.56 Å². The molecule has 3 rings (SSSR count). The smallest absolute Gasteiger partial charge is 0.322 e. The number of ether oxygens (including phenoxy) is 2. The number of carbonyl (C=O) groups excluding carboxylic acids is 1. The van der Waals surface area contributed by atoms with E-state index in [2.05, 4.69) is 10.3 Å². The van der Waals surface area contributed by atoms with Gasteiger partial charge >= 0.3 is 5.97 Å². The highest BCUT2D eigenvalue weighted by atomic mass is 16.5. The molecule has 6 heteroatoms. The van der Waals surface area contributed by atoms with Gasteiger partial charge < -0.3 is 19.2 Å². The molecule has 0 radical (unpaired) electrons. The maximum absolute atomic E-state index is 11.7. The standard InChI is InChI=1S/C24H28N2O4/c1-5-28-24(27)17(3)25-14-19-7-6-8-21(13-19)29-15-22-18(4)30-23(26-22)20-11-9-16(2)10-12-20/h6-13,17,25H,5,14-15H2,1-4H3. The zero-order valence-corrected chi connectivity index (χ0v) is 17.9. The Morgan fingerprint density at radius 1 is 1.17 bits per heavy atom. The Morgan fingerprint density at radius 3 is 2.67 bits per heavy atom. The van der Waals surface area contributed by atoms with Gasteiger partial charge in [0, 0.05) is 12.1 Å². The number of benzene rings is 2. The normalized spacial score (nSPS) is 11.9. The second kappa shape index (κ2) is 10.1. The van der Waals surface area contributed by atoms with E-state index in [0.717, 1.165) is 28.3 Å². The van der Waals surface area contributed by atoms with E-state index in [4.69, 9.17) is 13.9 Å². The minimum absolute atomic E-state index is 0.254. The molecule has 0 bridgehead atoms. The Kier molecular flexibility index (Phi) is 7.25. The van der Waals surface area contributed by atoms with Crippen LogP contribution in [0.2, 0.25) is 0 Å². The van der Waals surface area contributed by atoms with Gasteiger partial charge in [-0.15, -0.1) is 0 Å². The third-order valence-electron chi connectivity index (χ3n) is 4.72. The van der Waals surface area contributed by atoms with Gasteiger partial charge in [0.15, 0.2) is 0 Å². The number of esters is 1. The lowest BCUT2D eigenvalue weighted by molar-refractivity contribution is -0.145. The molecular formula is C24H28N2O4. The monoisotopic (exact) mass is 408 g/mol. The molecule has 1 aromatic heterocycles. The van der Waals surface area contributed by atoms with Crippen LogP contribution >= 0.6 is 0 Å². The molecule has 0 aliphatic carbocycles. The third-order valence-corrected chi connectivity index (χ3v) is 4.72. The van der Waals surface area contributed by atoms with Gasteiger partial charge in [-0.3, -0.25) is 4.79 Å². The summed E-state index contributed by atoms with van der Waals surface area (Å²) in [5.74, 6) is 1.82. The van der Waals surface area contributed by atoms with Crippen molar-refractivity contribution in [1.29, 1.82) is 0 Å². The largest absolute Gasteiger partial charge is 0.487 e. The van der Waals surface area contributed by atoms with Crippen LogP contribution in [0.5, 0.6) is 5.75 Å². The van der Waals surface area contributed by atoms with E-state index in [9.17, 15) is 4.79 Å². The van der Waals surface area contributed by atoms with Gasteiger partial charge in [-0.2, -0.15) is 0 Å². The predicted molar refractivity (Wildman–Crippen MR) is 115 cm³/mol. The highest BCUT2D eigenvalue weighted by molar-refractivity contribution is 5.75. The van der Waals surface area contributed by atoms with Gasteiger partial charge in [0.05, 0.1) is 6.61 Å². The van der Waals surface area contributed by atoms with Crippen LogP contribution < -0.4 is 10.1 Å². The molecule has 1 atom stereocenters. The summed E-state index contributed by atoms with van der Waals surface area (Å²) in [4.78, 5) is 16.3. The van der Waals surface area contributed by atoms with Crippen molar-refractivity contribution in [3.8, 4) is 17.2 Å². The van der Waals surface area contributed by atoms with Crippen LogP contribution in [0.15, 0.2) is 52.9 Å². The quantitative estimate of drug-likeness (QED) is 0.523. The number of nitrogens with one attached hydrogen (secondary N) is 1. The van der Waals surface area contributed by atoms with E-state index >= 15 is 0 Å². The predicted octanol–water partition coefficient (Wildman–Crippen LogP) is 4.58. The summed E-state index contributed by atoms with van der Waals surface area (Å²) in [7, 11) is 0. The summed E-state index contributed by atoms with van der Waals surface area (Å²) < 4.78 is 16.8. The summed E-state index contributed by atoms with van der Waals surface area (Å²) in [6.45, 7) is 8.75. The van der Waals surface area contributed by atoms with E-state index in [-0.39, 0.29) is 12.0 Å². The number of hydrogen-bond donors (Lipinski definition) is 1. The number of hydrogen-bond acceptors (Lipinski definition) is 6. The molecule has 1 heterocycles. The maximum Gasteiger partial charge on any atom is 0.322 e. The Hall–Kier alpha value is -3.12. The summed E-state index contributed by atoms with van der Waals surface area (Å²) in [6.07, 6.45) is 0. The topological polar surface area (TPSA) is 73.6 Å². The molecule has 0 aliphatic rings. The van der Waals surface area contributed by atoms with E-state index in [0.29, 0.717) is 25.6 Å². The van der Waals surface area contributed by atoms with Gasteiger partial charge in [-0.25, -0.2) is 4.98 Å². The molecule has 0 spiro atoms. The first kappa shape index (κ1) is 21.6. The molecule has 2 aromatic carbocycles. The summed E-state index contributed by atoms with van der Waals surface area (Å²) in [5, 5.41) is 3.16. The Labute approximate surface area is 177 Å². The molecule has 6 nitrogen and oxygen atoms in total. The molecule has 0 fully saturated rings. The van der Waals surface area contributed by atoms with Crippen LogP contribution in [0.4, 0.5) is 0 Å². The first-order valence-corrected chi connectivity index (χ1v) is 10.1. The van der Waals surface area contributed by atoms with Crippen molar-refractivity contribution in [2.45, 2.75) is 46.9 Å². The molecule has 1 unspecified atom stereocenters. The fraction of sp³-hybridized carbons (Fsp3) is 0.333. The SMILES string of the molecule is CCOC(=O)C(C)NCc1cccc(OCc2nc(-c3ccc(C)cc3)oc2C)c1. The van der Waals surface area contributed by atoms with Crippen LogP contribution in [-0.4, -0.2) is 23.6 Å².